The minimum absolute atomic E-state index is 0.155. The van der Waals surface area contributed by atoms with Crippen LogP contribution < -0.4 is 25.2 Å². The Bertz CT molecular complexity index is 1460. The van der Waals surface area contributed by atoms with Crippen LogP contribution in [0.25, 0.3) is 0 Å². The third-order valence-corrected chi connectivity index (χ3v) is 7.87. The first kappa shape index (κ1) is 28.3. The van der Waals surface area contributed by atoms with E-state index in [9.17, 15) is 4.79 Å². The molecule has 11 nitrogen and oxygen atoms in total. The van der Waals surface area contributed by atoms with Crippen molar-refractivity contribution in [3.8, 4) is 5.75 Å². The summed E-state index contributed by atoms with van der Waals surface area (Å²) in [5.41, 5.74) is 4.93. The van der Waals surface area contributed by atoms with E-state index >= 15 is 0 Å². The second-order valence-electron chi connectivity index (χ2n) is 11.4. The van der Waals surface area contributed by atoms with Crippen molar-refractivity contribution in [1.29, 1.82) is 0 Å². The van der Waals surface area contributed by atoms with Gasteiger partial charge in [-0.1, -0.05) is 20.4 Å². The number of amides is 1. The van der Waals surface area contributed by atoms with Crippen LogP contribution in [-0.2, 0) is 10.2 Å². The largest absolute Gasteiger partial charge is 0.494 e. The molecule has 2 N–H and O–H groups in total. The van der Waals surface area contributed by atoms with Gasteiger partial charge in [0.05, 0.1) is 35.6 Å². The Morgan fingerprint density at radius 3 is 2.76 bits per heavy atom. The van der Waals surface area contributed by atoms with Crippen LogP contribution >= 0.6 is 0 Å². The number of likely N-dealkylation sites (N-methyl/N-ethyl adjacent to an activating group) is 2. The molecule has 0 spiro atoms. The van der Waals surface area contributed by atoms with Crippen LogP contribution in [0.3, 0.4) is 0 Å². The minimum atomic E-state index is -0.296. The molecule has 2 aliphatic heterocycles. The molecule has 11 heteroatoms. The van der Waals surface area contributed by atoms with E-state index in [2.05, 4.69) is 68.8 Å². The molecule has 0 radical (unpaired) electrons. The van der Waals surface area contributed by atoms with Crippen molar-refractivity contribution in [1.82, 2.24) is 24.8 Å². The molecule has 0 bridgehead atoms. The molecule has 2 aliphatic rings. The monoisotopic (exact) mass is 557 g/mol. The van der Waals surface area contributed by atoms with Crippen molar-refractivity contribution in [2.75, 3.05) is 61.3 Å². The molecule has 1 saturated heterocycles. The summed E-state index contributed by atoms with van der Waals surface area (Å²) >= 11 is 0. The lowest BCUT2D eigenvalue weighted by molar-refractivity contribution is -0.111. The predicted molar refractivity (Wildman–Crippen MR) is 163 cm³/mol. The molecular formula is C30H39N9O2. The van der Waals surface area contributed by atoms with Gasteiger partial charge < -0.3 is 30.1 Å². The van der Waals surface area contributed by atoms with Gasteiger partial charge in [-0.05, 0) is 57.6 Å². The fraction of sp³-hybridized carbons (Fsp3) is 0.433. The van der Waals surface area contributed by atoms with Crippen molar-refractivity contribution in [3.63, 3.8) is 0 Å². The Kier molecular flexibility index (Phi) is 7.81. The van der Waals surface area contributed by atoms with Gasteiger partial charge in [0.1, 0.15) is 12.1 Å². The van der Waals surface area contributed by atoms with Gasteiger partial charge in [-0.2, -0.15) is 4.98 Å². The SMILES string of the molecule is C=CC(=O)Nc1cc(Nc2ncnc(N3CC(C)(C)c4nc(C)ccc43)n2)c(OC)cc1N(C)C[C@@H]1CCCN1C. The number of anilines is 6. The summed E-state index contributed by atoms with van der Waals surface area (Å²) in [4.78, 5) is 37.4. The summed E-state index contributed by atoms with van der Waals surface area (Å²) in [6.07, 6.45) is 5.08. The third kappa shape index (κ3) is 5.81. The highest BCUT2D eigenvalue weighted by Crippen LogP contribution is 2.43. The van der Waals surface area contributed by atoms with Gasteiger partial charge in [-0.3, -0.25) is 9.78 Å². The molecule has 1 amide bonds. The molecule has 0 aliphatic carbocycles. The molecule has 0 saturated carbocycles. The van der Waals surface area contributed by atoms with Gasteiger partial charge in [0, 0.05) is 43.4 Å². The number of fused-ring (bicyclic) bond motifs is 1. The average molecular weight is 558 g/mol. The van der Waals surface area contributed by atoms with Crippen molar-refractivity contribution in [3.05, 3.63) is 54.6 Å². The number of nitrogens with zero attached hydrogens (tertiary/aromatic N) is 7. The summed E-state index contributed by atoms with van der Waals surface area (Å²) < 4.78 is 5.78. The van der Waals surface area contributed by atoms with Crippen molar-refractivity contribution in [2.24, 2.45) is 0 Å². The Balaban J connectivity index is 1.46. The van der Waals surface area contributed by atoms with Crippen LogP contribution in [0.15, 0.2) is 43.2 Å². The normalized spacial score (nSPS) is 17.7. The summed E-state index contributed by atoms with van der Waals surface area (Å²) in [5.74, 6) is 1.18. The lowest BCUT2D eigenvalue weighted by Crippen LogP contribution is -2.37. The topological polar surface area (TPSA) is 112 Å². The maximum Gasteiger partial charge on any atom is 0.247 e. The average Bonchev–Trinajstić information content (AvgIpc) is 3.47. The number of methoxy groups -OCH3 is 1. The number of likely N-dealkylation sites (tertiary alicyclic amines) is 1. The molecule has 0 unspecified atom stereocenters. The molecular weight excluding hydrogens is 518 g/mol. The van der Waals surface area contributed by atoms with E-state index in [-0.39, 0.29) is 11.3 Å². The zero-order valence-electron chi connectivity index (χ0n) is 24.7. The number of rotatable bonds is 9. The molecule has 1 aromatic carbocycles. The van der Waals surface area contributed by atoms with Crippen molar-refractivity contribution < 1.29 is 9.53 Å². The van der Waals surface area contributed by atoms with E-state index in [0.29, 0.717) is 41.6 Å². The van der Waals surface area contributed by atoms with Gasteiger partial charge in [0.25, 0.3) is 0 Å². The highest BCUT2D eigenvalue weighted by molar-refractivity contribution is 6.02. The fourth-order valence-corrected chi connectivity index (χ4v) is 5.66. The molecule has 1 fully saturated rings. The summed E-state index contributed by atoms with van der Waals surface area (Å²) in [5, 5.41) is 6.24. The van der Waals surface area contributed by atoms with Gasteiger partial charge in [-0.25, -0.2) is 9.97 Å². The van der Waals surface area contributed by atoms with Gasteiger partial charge >= 0.3 is 0 Å². The number of nitrogens with one attached hydrogen (secondary N) is 2. The van der Waals surface area contributed by atoms with E-state index < -0.39 is 0 Å². The number of pyridine rings is 1. The Morgan fingerprint density at radius 1 is 1.24 bits per heavy atom. The first-order chi connectivity index (χ1) is 19.6. The number of hydrogen-bond acceptors (Lipinski definition) is 10. The molecule has 216 valence electrons. The number of carbonyl (C=O) groups is 1. The number of aryl methyl sites for hydroxylation is 1. The summed E-state index contributed by atoms with van der Waals surface area (Å²) in [7, 11) is 5.80. The number of carbonyl (C=O) groups excluding carboxylic acids is 1. The smallest absolute Gasteiger partial charge is 0.247 e. The van der Waals surface area contributed by atoms with Crippen molar-refractivity contribution >= 4 is 40.6 Å². The maximum absolute atomic E-state index is 12.4. The van der Waals surface area contributed by atoms with Gasteiger partial charge in [-0.15, -0.1) is 0 Å². The number of benzene rings is 1. The maximum atomic E-state index is 12.4. The highest BCUT2D eigenvalue weighted by atomic mass is 16.5. The second-order valence-corrected chi connectivity index (χ2v) is 11.4. The lowest BCUT2D eigenvalue weighted by atomic mass is 9.91. The second kappa shape index (κ2) is 11.3. The zero-order valence-corrected chi connectivity index (χ0v) is 24.7. The van der Waals surface area contributed by atoms with Crippen molar-refractivity contribution in [2.45, 2.75) is 45.1 Å². The lowest BCUT2D eigenvalue weighted by Gasteiger charge is -2.29. The summed E-state index contributed by atoms with van der Waals surface area (Å²) in [6.45, 7) is 12.6. The molecule has 4 heterocycles. The van der Waals surface area contributed by atoms with Gasteiger partial charge in [0.15, 0.2) is 0 Å². The first-order valence-corrected chi connectivity index (χ1v) is 13.9. The Labute approximate surface area is 241 Å². The van der Waals surface area contributed by atoms with E-state index in [1.54, 1.807) is 7.11 Å². The molecule has 2 aromatic heterocycles. The predicted octanol–water partition coefficient (Wildman–Crippen LogP) is 4.41. The number of hydrogen-bond donors (Lipinski definition) is 2. The Morgan fingerprint density at radius 2 is 2.05 bits per heavy atom. The molecule has 3 aromatic rings. The standard InChI is InChI=1S/C30H39N9O2/c1-8-26(40)34-21-14-22(25(41-7)15-24(21)38(6)16-20-10-9-13-37(20)5)35-28-31-18-32-29(36-28)39-17-30(3,4)27-23(39)12-11-19(2)33-27/h8,11-12,14-15,18,20H,1,9-10,13,16-17H2,2-7H3,(H,34,40)(H,31,32,35,36)/t20-/m0/s1. The minimum Gasteiger partial charge on any atom is -0.494 e. The van der Waals surface area contributed by atoms with Gasteiger partial charge in [0.2, 0.25) is 17.8 Å². The summed E-state index contributed by atoms with van der Waals surface area (Å²) in [6, 6.07) is 8.27. The van der Waals surface area contributed by atoms with E-state index in [1.165, 1.54) is 18.8 Å². The molecule has 5 rings (SSSR count). The van der Waals surface area contributed by atoms with E-state index in [4.69, 9.17) is 14.7 Å². The van der Waals surface area contributed by atoms with Crippen LogP contribution in [-0.4, -0.2) is 77.6 Å². The highest BCUT2D eigenvalue weighted by Gasteiger charge is 2.38. The fourth-order valence-electron chi connectivity index (χ4n) is 5.66. The van der Waals surface area contributed by atoms with E-state index in [0.717, 1.165) is 42.3 Å². The van der Waals surface area contributed by atoms with Crippen LogP contribution in [0, 0.1) is 6.92 Å². The Hall–Kier alpha value is -4.25. The van der Waals surface area contributed by atoms with Crippen LogP contribution in [0.1, 0.15) is 38.1 Å². The zero-order chi connectivity index (χ0) is 29.3. The third-order valence-electron chi connectivity index (χ3n) is 7.87. The number of ether oxygens (including phenoxy) is 1. The van der Waals surface area contributed by atoms with Crippen LogP contribution in [0.4, 0.5) is 34.6 Å². The van der Waals surface area contributed by atoms with Crippen LogP contribution in [0.5, 0.6) is 5.75 Å². The number of aromatic nitrogens is 4. The quantitative estimate of drug-likeness (QED) is 0.367. The molecule has 41 heavy (non-hydrogen) atoms. The van der Waals surface area contributed by atoms with E-state index in [1.807, 2.05) is 32.2 Å². The molecule has 1 atom stereocenters. The first-order valence-electron chi connectivity index (χ1n) is 13.9. The van der Waals surface area contributed by atoms with Crippen LogP contribution in [0.2, 0.25) is 0 Å².